The van der Waals surface area contributed by atoms with Crippen LogP contribution in [0.1, 0.15) is 43.4 Å². The molecule has 1 atom stereocenters. The topological polar surface area (TPSA) is 58.6 Å². The molecule has 0 heterocycles. The minimum Gasteiger partial charge on any atom is -0.482 e. The molecule has 0 spiro atoms. The fourth-order valence-corrected chi connectivity index (χ4v) is 3.87. The maximum atomic E-state index is 13.5. The molecule has 178 valence electrons. The Balaban J connectivity index is 1.88. The zero-order chi connectivity index (χ0) is 24.2. The number of nitrogens with one attached hydrogen (secondary N) is 1. The van der Waals surface area contributed by atoms with Crippen LogP contribution < -0.4 is 10.1 Å². The predicted molar refractivity (Wildman–Crippen MR) is 136 cm³/mol. The van der Waals surface area contributed by atoms with E-state index in [0.717, 1.165) is 30.4 Å². The molecule has 34 heavy (non-hydrogen) atoms. The minimum atomic E-state index is -0.787. The van der Waals surface area contributed by atoms with Gasteiger partial charge < -0.3 is 15.0 Å². The quantitative estimate of drug-likeness (QED) is 0.335. The van der Waals surface area contributed by atoms with Crippen molar-refractivity contribution >= 4 is 23.4 Å². The van der Waals surface area contributed by atoms with Crippen LogP contribution in [0.5, 0.6) is 5.75 Å². The lowest BCUT2D eigenvalue weighted by Gasteiger charge is -2.31. The Morgan fingerprint density at radius 1 is 0.912 bits per heavy atom. The lowest BCUT2D eigenvalue weighted by molar-refractivity contribution is -0.143. The molecule has 0 saturated heterocycles. The van der Waals surface area contributed by atoms with Crippen molar-refractivity contribution in [3.05, 3.63) is 101 Å². The van der Waals surface area contributed by atoms with Crippen LogP contribution in [0.2, 0.25) is 5.02 Å². The van der Waals surface area contributed by atoms with Crippen LogP contribution in [0.4, 0.5) is 0 Å². The van der Waals surface area contributed by atoms with Crippen molar-refractivity contribution in [3.8, 4) is 5.75 Å². The van der Waals surface area contributed by atoms with E-state index in [1.165, 1.54) is 0 Å². The summed E-state index contributed by atoms with van der Waals surface area (Å²) in [5.74, 6) is -0.0804. The molecule has 3 aromatic rings. The number of amides is 2. The zero-order valence-electron chi connectivity index (χ0n) is 19.5. The van der Waals surface area contributed by atoms with Crippen molar-refractivity contribution in [2.75, 3.05) is 13.2 Å². The first kappa shape index (κ1) is 25.3. The van der Waals surface area contributed by atoms with E-state index in [1.807, 2.05) is 60.7 Å². The Morgan fingerprint density at radius 3 is 2.24 bits per heavy atom. The van der Waals surface area contributed by atoms with Crippen molar-refractivity contribution in [2.24, 2.45) is 0 Å². The molecular formula is C28H31ClN2O3. The molecule has 0 saturated carbocycles. The third-order valence-corrected chi connectivity index (χ3v) is 5.77. The highest BCUT2D eigenvalue weighted by Gasteiger charge is 2.31. The number of nitrogens with zero attached hydrogens (tertiary/aromatic N) is 1. The molecule has 0 radical (unpaired) electrons. The number of hydrogen-bond donors (Lipinski definition) is 1. The van der Waals surface area contributed by atoms with Gasteiger partial charge in [-0.2, -0.15) is 0 Å². The average molecular weight is 479 g/mol. The van der Waals surface area contributed by atoms with Gasteiger partial charge in [0.1, 0.15) is 11.8 Å². The Morgan fingerprint density at radius 2 is 1.56 bits per heavy atom. The summed E-state index contributed by atoms with van der Waals surface area (Å²) in [7, 11) is 0. The molecule has 0 aliphatic rings. The maximum absolute atomic E-state index is 13.5. The van der Waals surface area contributed by atoms with Gasteiger partial charge in [-0.05, 0) is 29.7 Å². The Hall–Kier alpha value is -3.31. The minimum absolute atomic E-state index is 0.204. The van der Waals surface area contributed by atoms with E-state index in [4.69, 9.17) is 16.3 Å². The molecule has 3 aromatic carbocycles. The van der Waals surface area contributed by atoms with E-state index in [-0.39, 0.29) is 25.0 Å². The van der Waals surface area contributed by atoms with E-state index in [2.05, 4.69) is 12.2 Å². The Kier molecular flexibility index (Phi) is 9.98. The lowest BCUT2D eigenvalue weighted by Crippen LogP contribution is -2.45. The van der Waals surface area contributed by atoms with Gasteiger partial charge in [-0.25, -0.2) is 0 Å². The first-order valence-corrected chi connectivity index (χ1v) is 12.0. The van der Waals surface area contributed by atoms with Crippen LogP contribution in [0.25, 0.3) is 0 Å². The second-order valence-corrected chi connectivity index (χ2v) is 8.44. The van der Waals surface area contributed by atoms with E-state index in [9.17, 15) is 9.59 Å². The second-order valence-electron chi connectivity index (χ2n) is 8.04. The summed E-state index contributed by atoms with van der Waals surface area (Å²) in [6.45, 7) is 2.73. The molecular weight excluding hydrogens is 448 g/mol. The summed E-state index contributed by atoms with van der Waals surface area (Å²) in [6, 6.07) is 25.2. The number of benzene rings is 3. The molecule has 5 nitrogen and oxygen atoms in total. The molecule has 0 unspecified atom stereocenters. The van der Waals surface area contributed by atoms with Gasteiger partial charge >= 0.3 is 0 Å². The monoisotopic (exact) mass is 478 g/mol. The average Bonchev–Trinajstić information content (AvgIpc) is 2.87. The normalized spacial score (nSPS) is 11.5. The highest BCUT2D eigenvalue weighted by molar-refractivity contribution is 6.32. The van der Waals surface area contributed by atoms with Crippen LogP contribution in [0, 0.1) is 0 Å². The molecule has 1 N–H and O–H groups in total. The van der Waals surface area contributed by atoms with Gasteiger partial charge in [0.05, 0.1) is 5.02 Å². The van der Waals surface area contributed by atoms with Gasteiger partial charge in [0.15, 0.2) is 6.61 Å². The zero-order valence-corrected chi connectivity index (χ0v) is 20.2. The molecule has 0 fully saturated rings. The molecule has 0 aliphatic carbocycles. The lowest BCUT2D eigenvalue weighted by atomic mass is 10.0. The Bertz CT molecular complexity index is 1040. The van der Waals surface area contributed by atoms with Crippen molar-refractivity contribution in [1.29, 1.82) is 0 Å². The molecule has 0 aromatic heterocycles. The summed E-state index contributed by atoms with van der Waals surface area (Å²) in [5.41, 5.74) is 1.67. The first-order valence-electron chi connectivity index (χ1n) is 11.6. The van der Waals surface area contributed by atoms with E-state index in [1.54, 1.807) is 29.2 Å². The molecule has 0 aliphatic heterocycles. The number of ether oxygens (including phenoxy) is 1. The number of hydrogen-bond acceptors (Lipinski definition) is 3. The smallest absolute Gasteiger partial charge is 0.261 e. The van der Waals surface area contributed by atoms with Gasteiger partial charge in [-0.1, -0.05) is 104 Å². The SMILES string of the molecule is CCCCCNC(=O)[C@@H](c1ccccc1)N(Cc1ccccc1)C(=O)COc1ccccc1Cl. The third-order valence-electron chi connectivity index (χ3n) is 5.46. The first-order chi connectivity index (χ1) is 16.6. The van der Waals surface area contributed by atoms with Gasteiger partial charge in [0.25, 0.3) is 5.91 Å². The van der Waals surface area contributed by atoms with E-state index < -0.39 is 6.04 Å². The molecule has 3 rings (SSSR count). The van der Waals surface area contributed by atoms with Crippen LogP contribution >= 0.6 is 11.6 Å². The van der Waals surface area contributed by atoms with Crippen molar-refractivity contribution in [1.82, 2.24) is 10.2 Å². The number of carbonyl (C=O) groups is 2. The van der Waals surface area contributed by atoms with Gasteiger partial charge in [-0.15, -0.1) is 0 Å². The summed E-state index contributed by atoms with van der Waals surface area (Å²) in [5, 5.41) is 3.45. The summed E-state index contributed by atoms with van der Waals surface area (Å²) in [4.78, 5) is 28.5. The van der Waals surface area contributed by atoms with Gasteiger partial charge in [-0.3, -0.25) is 9.59 Å². The van der Waals surface area contributed by atoms with Crippen LogP contribution in [-0.2, 0) is 16.1 Å². The molecule has 6 heteroatoms. The number of carbonyl (C=O) groups excluding carboxylic acids is 2. The molecule has 0 bridgehead atoms. The van der Waals surface area contributed by atoms with Gasteiger partial charge in [0, 0.05) is 13.1 Å². The van der Waals surface area contributed by atoms with Crippen molar-refractivity contribution in [3.63, 3.8) is 0 Å². The van der Waals surface area contributed by atoms with Crippen LogP contribution in [-0.4, -0.2) is 29.9 Å². The second kappa shape index (κ2) is 13.4. The number of rotatable bonds is 12. The number of para-hydroxylation sites is 1. The van der Waals surface area contributed by atoms with Gasteiger partial charge in [0.2, 0.25) is 5.91 Å². The van der Waals surface area contributed by atoms with E-state index in [0.29, 0.717) is 17.3 Å². The predicted octanol–water partition coefficient (Wildman–Crippen LogP) is 5.80. The van der Waals surface area contributed by atoms with Crippen LogP contribution in [0.3, 0.4) is 0 Å². The number of halogens is 1. The van der Waals surface area contributed by atoms with Crippen molar-refractivity contribution < 1.29 is 14.3 Å². The largest absolute Gasteiger partial charge is 0.482 e. The summed E-state index contributed by atoms with van der Waals surface area (Å²) >= 11 is 6.19. The summed E-state index contributed by atoms with van der Waals surface area (Å²) in [6.07, 6.45) is 3.00. The fourth-order valence-electron chi connectivity index (χ4n) is 3.68. The third kappa shape index (κ3) is 7.35. The highest BCUT2D eigenvalue weighted by atomic mass is 35.5. The Labute approximate surface area is 206 Å². The summed E-state index contributed by atoms with van der Waals surface area (Å²) < 4.78 is 5.74. The highest BCUT2D eigenvalue weighted by Crippen LogP contribution is 2.26. The standard InChI is InChI=1S/C28H31ClN2O3/c1-2-3-12-19-30-28(33)27(23-15-8-5-9-16-23)31(20-22-13-6-4-7-14-22)26(32)21-34-25-18-11-10-17-24(25)29/h4-11,13-18,27H,2-3,12,19-21H2,1H3,(H,30,33)/t27-/m1/s1. The molecule has 2 amide bonds. The van der Waals surface area contributed by atoms with E-state index >= 15 is 0 Å². The maximum Gasteiger partial charge on any atom is 0.261 e. The number of unbranched alkanes of at least 4 members (excludes halogenated alkanes) is 2. The van der Waals surface area contributed by atoms with Crippen molar-refractivity contribution in [2.45, 2.75) is 38.8 Å². The fraction of sp³-hybridized carbons (Fsp3) is 0.286. The van der Waals surface area contributed by atoms with Crippen LogP contribution in [0.15, 0.2) is 84.9 Å².